The Labute approximate surface area is 193 Å². The molecule has 1 aliphatic carbocycles. The maximum absolute atomic E-state index is 2.44. The van der Waals surface area contributed by atoms with Gasteiger partial charge in [-0.05, 0) is 60.4 Å². The Morgan fingerprint density at radius 1 is 0.606 bits per heavy atom. The number of allylic oxidation sites excluding steroid dienone is 1. The molecule has 0 spiro atoms. The van der Waals surface area contributed by atoms with Gasteiger partial charge in [-0.25, -0.2) is 0 Å². The molecule has 2 nitrogen and oxygen atoms in total. The van der Waals surface area contributed by atoms with Crippen LogP contribution in [0.4, 0.5) is 0 Å². The molecular weight excluding hydrogens is 400 g/mol. The minimum absolute atomic E-state index is 0.525. The van der Waals surface area contributed by atoms with E-state index in [2.05, 4.69) is 125 Å². The zero-order chi connectivity index (χ0) is 21.9. The summed E-state index contributed by atoms with van der Waals surface area (Å²) in [6, 6.07) is 35.2. The SMILES string of the molecule is CC1CC=Cc2c1c1ccccc1n2-c1cccc(-n2c3ccccc3c3ccccc32)c1. The Morgan fingerprint density at radius 3 is 1.82 bits per heavy atom. The van der Waals surface area contributed by atoms with Crippen molar-refractivity contribution >= 4 is 38.8 Å². The summed E-state index contributed by atoms with van der Waals surface area (Å²) in [7, 11) is 0. The lowest BCUT2D eigenvalue weighted by Crippen LogP contribution is -2.04. The van der Waals surface area contributed by atoms with Crippen molar-refractivity contribution in [3.63, 3.8) is 0 Å². The summed E-state index contributed by atoms with van der Waals surface area (Å²) in [5, 5.41) is 3.95. The lowest BCUT2D eigenvalue weighted by molar-refractivity contribution is 0.773. The summed E-state index contributed by atoms with van der Waals surface area (Å²) in [4.78, 5) is 0. The largest absolute Gasteiger partial charge is 0.310 e. The van der Waals surface area contributed by atoms with Gasteiger partial charge in [0.1, 0.15) is 0 Å². The van der Waals surface area contributed by atoms with E-state index in [1.165, 1.54) is 55.3 Å². The summed E-state index contributed by atoms with van der Waals surface area (Å²) in [6.45, 7) is 2.34. The number of para-hydroxylation sites is 3. The summed E-state index contributed by atoms with van der Waals surface area (Å²) < 4.78 is 4.83. The first-order chi connectivity index (χ1) is 16.3. The fraction of sp³-hybridized carbons (Fsp3) is 0.0968. The topological polar surface area (TPSA) is 9.86 Å². The number of aromatic nitrogens is 2. The first kappa shape index (κ1) is 18.5. The summed E-state index contributed by atoms with van der Waals surface area (Å²) in [5.41, 5.74) is 8.92. The van der Waals surface area contributed by atoms with E-state index in [4.69, 9.17) is 0 Å². The van der Waals surface area contributed by atoms with Crippen LogP contribution in [-0.2, 0) is 0 Å². The predicted octanol–water partition coefficient (Wildman–Crippen LogP) is 8.25. The maximum Gasteiger partial charge on any atom is 0.0541 e. The van der Waals surface area contributed by atoms with Gasteiger partial charge in [-0.2, -0.15) is 0 Å². The summed E-state index contributed by atoms with van der Waals surface area (Å²) in [5.74, 6) is 0.525. The molecule has 4 aromatic carbocycles. The van der Waals surface area contributed by atoms with E-state index < -0.39 is 0 Å². The van der Waals surface area contributed by atoms with Gasteiger partial charge in [-0.3, -0.25) is 0 Å². The molecule has 0 bridgehead atoms. The number of hydrogen-bond donors (Lipinski definition) is 0. The van der Waals surface area contributed by atoms with Crippen LogP contribution >= 0.6 is 0 Å². The van der Waals surface area contributed by atoms with Crippen LogP contribution in [0, 0.1) is 0 Å². The highest BCUT2D eigenvalue weighted by atomic mass is 15.0. The van der Waals surface area contributed by atoms with Crippen molar-refractivity contribution in [1.82, 2.24) is 9.13 Å². The highest BCUT2D eigenvalue weighted by Crippen LogP contribution is 2.40. The van der Waals surface area contributed by atoms with Gasteiger partial charge >= 0.3 is 0 Å². The Hall–Kier alpha value is -4.04. The molecule has 33 heavy (non-hydrogen) atoms. The van der Waals surface area contributed by atoms with Crippen LogP contribution in [-0.4, -0.2) is 9.13 Å². The molecule has 2 heterocycles. The van der Waals surface area contributed by atoms with Crippen LogP contribution in [0.1, 0.15) is 30.5 Å². The lowest BCUT2D eigenvalue weighted by Gasteiger charge is -2.17. The molecule has 6 aromatic rings. The van der Waals surface area contributed by atoms with Crippen molar-refractivity contribution < 1.29 is 0 Å². The smallest absolute Gasteiger partial charge is 0.0541 e. The van der Waals surface area contributed by atoms with Crippen molar-refractivity contribution in [1.29, 1.82) is 0 Å². The van der Waals surface area contributed by atoms with E-state index in [1.54, 1.807) is 0 Å². The number of benzene rings is 4. The fourth-order valence-corrected chi connectivity index (χ4v) is 5.72. The van der Waals surface area contributed by atoms with Crippen LogP contribution in [0.3, 0.4) is 0 Å². The first-order valence-corrected chi connectivity index (χ1v) is 11.7. The number of rotatable bonds is 2. The Kier molecular flexibility index (Phi) is 3.92. The second kappa shape index (κ2) is 6.98. The summed E-state index contributed by atoms with van der Waals surface area (Å²) in [6.07, 6.45) is 5.73. The molecule has 0 amide bonds. The normalized spacial score (nSPS) is 15.5. The predicted molar refractivity (Wildman–Crippen MR) is 140 cm³/mol. The average molecular weight is 425 g/mol. The monoisotopic (exact) mass is 424 g/mol. The van der Waals surface area contributed by atoms with E-state index in [1.807, 2.05) is 0 Å². The molecule has 1 unspecified atom stereocenters. The summed E-state index contributed by atoms with van der Waals surface area (Å²) >= 11 is 0. The number of nitrogens with zero attached hydrogens (tertiary/aromatic N) is 2. The highest BCUT2D eigenvalue weighted by molar-refractivity contribution is 6.09. The molecule has 1 aliphatic rings. The van der Waals surface area contributed by atoms with E-state index in [9.17, 15) is 0 Å². The highest BCUT2D eigenvalue weighted by Gasteiger charge is 2.23. The zero-order valence-corrected chi connectivity index (χ0v) is 18.6. The van der Waals surface area contributed by atoms with Crippen LogP contribution in [0.25, 0.3) is 50.2 Å². The molecular formula is C31H24N2. The van der Waals surface area contributed by atoms with Crippen molar-refractivity contribution in [3.8, 4) is 11.4 Å². The molecule has 7 rings (SSSR count). The van der Waals surface area contributed by atoms with Gasteiger partial charge in [-0.1, -0.05) is 73.7 Å². The van der Waals surface area contributed by atoms with Gasteiger partial charge < -0.3 is 9.13 Å². The van der Waals surface area contributed by atoms with E-state index in [0.29, 0.717) is 5.92 Å². The third-order valence-corrected chi connectivity index (χ3v) is 7.14. The molecule has 0 saturated carbocycles. The standard InChI is InChI=1S/C31H24N2/c1-21-10-8-19-30-31(21)26-15-4-7-18-29(26)33(30)23-12-9-11-22(20-23)32-27-16-5-2-13-24(27)25-14-3-6-17-28(25)32/h2-9,11-21H,10H2,1H3. The number of hydrogen-bond acceptors (Lipinski definition) is 0. The van der Waals surface area contributed by atoms with Gasteiger partial charge in [0.2, 0.25) is 0 Å². The van der Waals surface area contributed by atoms with Crippen LogP contribution < -0.4 is 0 Å². The minimum atomic E-state index is 0.525. The molecule has 2 aromatic heterocycles. The third-order valence-electron chi connectivity index (χ3n) is 7.14. The van der Waals surface area contributed by atoms with Gasteiger partial charge in [0.25, 0.3) is 0 Å². The first-order valence-electron chi connectivity index (χ1n) is 11.7. The number of fused-ring (bicyclic) bond motifs is 6. The molecule has 2 heteroatoms. The molecule has 0 N–H and O–H groups in total. The molecule has 158 valence electrons. The van der Waals surface area contributed by atoms with Gasteiger partial charge in [-0.15, -0.1) is 0 Å². The van der Waals surface area contributed by atoms with Crippen LogP contribution in [0.15, 0.2) is 103 Å². The van der Waals surface area contributed by atoms with Crippen molar-refractivity contribution in [2.75, 3.05) is 0 Å². The Morgan fingerprint density at radius 2 is 1.15 bits per heavy atom. The van der Waals surface area contributed by atoms with Crippen molar-refractivity contribution in [2.45, 2.75) is 19.3 Å². The minimum Gasteiger partial charge on any atom is -0.310 e. The van der Waals surface area contributed by atoms with Crippen molar-refractivity contribution in [2.24, 2.45) is 0 Å². The third kappa shape index (κ3) is 2.61. The Bertz CT molecular complexity index is 1660. The maximum atomic E-state index is 2.44. The molecule has 0 aliphatic heterocycles. The second-order valence-electron chi connectivity index (χ2n) is 9.08. The fourth-order valence-electron chi connectivity index (χ4n) is 5.72. The van der Waals surface area contributed by atoms with E-state index in [0.717, 1.165) is 6.42 Å². The molecule has 0 fully saturated rings. The van der Waals surface area contributed by atoms with Gasteiger partial charge in [0, 0.05) is 33.2 Å². The molecule has 0 radical (unpaired) electrons. The van der Waals surface area contributed by atoms with Crippen LogP contribution in [0.5, 0.6) is 0 Å². The quantitative estimate of drug-likeness (QED) is 0.265. The average Bonchev–Trinajstić information content (AvgIpc) is 3.38. The van der Waals surface area contributed by atoms with Gasteiger partial charge in [0.05, 0.1) is 16.6 Å². The van der Waals surface area contributed by atoms with Crippen LogP contribution in [0.2, 0.25) is 0 Å². The zero-order valence-electron chi connectivity index (χ0n) is 18.6. The molecule has 1 atom stereocenters. The Balaban J connectivity index is 1.53. The van der Waals surface area contributed by atoms with Crippen molar-refractivity contribution in [3.05, 3.63) is 114 Å². The lowest BCUT2D eigenvalue weighted by atomic mass is 9.91. The second-order valence-corrected chi connectivity index (χ2v) is 9.08. The van der Waals surface area contributed by atoms with Gasteiger partial charge in [0.15, 0.2) is 0 Å². The van der Waals surface area contributed by atoms with E-state index in [-0.39, 0.29) is 0 Å². The van der Waals surface area contributed by atoms with E-state index >= 15 is 0 Å². The molecule has 0 saturated heterocycles.